The Kier molecular flexibility index (Phi) is 3.15. The van der Waals surface area contributed by atoms with Gasteiger partial charge in [-0.05, 0) is 19.8 Å². The largest absolute Gasteiger partial charge is 0.0895 e. The molecule has 0 amide bonds. The number of halogens is 1. The molecule has 0 aliphatic carbocycles. The zero-order valence-electron chi connectivity index (χ0n) is 5.96. The molecule has 0 aromatic rings. The standard InChI is InChI=1S/C7H13Cl/c1-5(2)6(3)7(4)8/h5H,1-4H3/b7-6-. The SMILES string of the molecule is C/C(Cl)=C(\C)C(C)C. The fourth-order valence-electron chi connectivity index (χ4n) is 0.398. The lowest BCUT2D eigenvalue weighted by Gasteiger charge is -2.04. The van der Waals surface area contributed by atoms with Gasteiger partial charge in [-0.2, -0.15) is 0 Å². The molecule has 0 atom stereocenters. The Morgan fingerprint density at radius 1 is 1.25 bits per heavy atom. The van der Waals surface area contributed by atoms with Crippen molar-refractivity contribution < 1.29 is 0 Å². The lowest BCUT2D eigenvalue weighted by Crippen LogP contribution is -1.88. The molecule has 0 unspecified atom stereocenters. The molecule has 0 aliphatic heterocycles. The van der Waals surface area contributed by atoms with E-state index in [4.69, 9.17) is 11.6 Å². The van der Waals surface area contributed by atoms with Crippen LogP contribution < -0.4 is 0 Å². The lowest BCUT2D eigenvalue weighted by molar-refractivity contribution is 0.764. The second kappa shape index (κ2) is 3.13. The van der Waals surface area contributed by atoms with Gasteiger partial charge in [-0.15, -0.1) is 0 Å². The van der Waals surface area contributed by atoms with Crippen molar-refractivity contribution in [2.75, 3.05) is 0 Å². The summed E-state index contributed by atoms with van der Waals surface area (Å²) in [7, 11) is 0. The van der Waals surface area contributed by atoms with Gasteiger partial charge in [-0.3, -0.25) is 0 Å². The molecule has 0 aliphatic rings. The van der Waals surface area contributed by atoms with E-state index in [2.05, 4.69) is 20.8 Å². The Labute approximate surface area is 56.5 Å². The van der Waals surface area contributed by atoms with Crippen LogP contribution in [0.5, 0.6) is 0 Å². The maximum atomic E-state index is 5.70. The smallest absolute Gasteiger partial charge is 0.0141 e. The van der Waals surface area contributed by atoms with Gasteiger partial charge in [0.2, 0.25) is 0 Å². The van der Waals surface area contributed by atoms with E-state index in [0.717, 1.165) is 5.03 Å². The van der Waals surface area contributed by atoms with Gasteiger partial charge in [0.05, 0.1) is 0 Å². The van der Waals surface area contributed by atoms with Crippen LogP contribution in [0.25, 0.3) is 0 Å². The second-order valence-corrected chi connectivity index (χ2v) is 2.94. The van der Waals surface area contributed by atoms with Gasteiger partial charge in [0, 0.05) is 5.03 Å². The summed E-state index contributed by atoms with van der Waals surface area (Å²) in [6.45, 7) is 8.27. The van der Waals surface area contributed by atoms with Crippen molar-refractivity contribution in [1.82, 2.24) is 0 Å². The minimum Gasteiger partial charge on any atom is -0.0895 e. The Balaban J connectivity index is 4.00. The average Bonchev–Trinajstić information content (AvgIpc) is 1.64. The van der Waals surface area contributed by atoms with E-state index in [0.29, 0.717) is 5.92 Å². The van der Waals surface area contributed by atoms with Crippen LogP contribution >= 0.6 is 11.6 Å². The van der Waals surface area contributed by atoms with Crippen LogP contribution in [0, 0.1) is 5.92 Å². The Bertz CT molecular complexity index is 97.0. The molecule has 0 N–H and O–H groups in total. The van der Waals surface area contributed by atoms with Crippen molar-refractivity contribution in [3.63, 3.8) is 0 Å². The summed E-state index contributed by atoms with van der Waals surface area (Å²) >= 11 is 5.70. The first-order valence-corrected chi connectivity index (χ1v) is 3.26. The quantitative estimate of drug-likeness (QED) is 0.514. The van der Waals surface area contributed by atoms with Crippen LogP contribution in [0.3, 0.4) is 0 Å². The molecule has 0 nitrogen and oxygen atoms in total. The summed E-state index contributed by atoms with van der Waals surface area (Å²) < 4.78 is 0. The third-order valence-corrected chi connectivity index (χ3v) is 1.71. The van der Waals surface area contributed by atoms with E-state index >= 15 is 0 Å². The van der Waals surface area contributed by atoms with E-state index in [1.807, 2.05) is 6.92 Å². The number of allylic oxidation sites excluding steroid dienone is 2. The minimum atomic E-state index is 0.590. The van der Waals surface area contributed by atoms with Gasteiger partial charge in [0.1, 0.15) is 0 Å². The molecule has 0 bridgehead atoms. The van der Waals surface area contributed by atoms with E-state index in [1.165, 1.54) is 5.57 Å². The predicted octanol–water partition coefficient (Wildman–Crippen LogP) is 3.18. The Hall–Kier alpha value is 0.0300. The molecule has 0 spiro atoms. The molecule has 0 heterocycles. The van der Waals surface area contributed by atoms with Crippen molar-refractivity contribution in [2.24, 2.45) is 5.92 Å². The number of hydrogen-bond acceptors (Lipinski definition) is 0. The molecule has 0 saturated carbocycles. The summed E-state index contributed by atoms with van der Waals surface area (Å²) in [5, 5.41) is 0.931. The molecule has 0 aromatic carbocycles. The van der Waals surface area contributed by atoms with Crippen LogP contribution in [0.1, 0.15) is 27.7 Å². The van der Waals surface area contributed by atoms with Gasteiger partial charge in [0.25, 0.3) is 0 Å². The molecular weight excluding hydrogens is 120 g/mol. The van der Waals surface area contributed by atoms with Crippen LogP contribution in [0.2, 0.25) is 0 Å². The fourth-order valence-corrected chi connectivity index (χ4v) is 0.616. The van der Waals surface area contributed by atoms with Crippen molar-refractivity contribution in [3.8, 4) is 0 Å². The van der Waals surface area contributed by atoms with Gasteiger partial charge in [-0.1, -0.05) is 31.0 Å². The molecule has 0 radical (unpaired) electrons. The first kappa shape index (κ1) is 8.03. The Morgan fingerprint density at radius 3 is 1.62 bits per heavy atom. The zero-order valence-corrected chi connectivity index (χ0v) is 6.71. The molecule has 8 heavy (non-hydrogen) atoms. The van der Waals surface area contributed by atoms with E-state index in [1.54, 1.807) is 0 Å². The zero-order chi connectivity index (χ0) is 6.73. The van der Waals surface area contributed by atoms with E-state index in [-0.39, 0.29) is 0 Å². The van der Waals surface area contributed by atoms with Crippen molar-refractivity contribution in [1.29, 1.82) is 0 Å². The highest BCUT2D eigenvalue weighted by atomic mass is 35.5. The molecule has 1 heteroatoms. The van der Waals surface area contributed by atoms with Crippen LogP contribution in [-0.2, 0) is 0 Å². The van der Waals surface area contributed by atoms with Crippen molar-refractivity contribution in [3.05, 3.63) is 10.6 Å². The summed E-state index contributed by atoms with van der Waals surface area (Å²) in [5.74, 6) is 0.590. The van der Waals surface area contributed by atoms with Gasteiger partial charge < -0.3 is 0 Å². The number of rotatable bonds is 1. The molecule has 0 saturated heterocycles. The van der Waals surface area contributed by atoms with Crippen molar-refractivity contribution in [2.45, 2.75) is 27.7 Å². The predicted molar refractivity (Wildman–Crippen MR) is 39.1 cm³/mol. The van der Waals surface area contributed by atoms with Gasteiger partial charge in [0.15, 0.2) is 0 Å². The van der Waals surface area contributed by atoms with Crippen molar-refractivity contribution >= 4 is 11.6 Å². The normalized spacial score (nSPS) is 14.2. The molecular formula is C7H13Cl. The average molecular weight is 133 g/mol. The van der Waals surface area contributed by atoms with Crippen LogP contribution in [-0.4, -0.2) is 0 Å². The lowest BCUT2D eigenvalue weighted by atomic mass is 10.1. The third-order valence-electron chi connectivity index (χ3n) is 1.41. The van der Waals surface area contributed by atoms with Gasteiger partial charge >= 0.3 is 0 Å². The van der Waals surface area contributed by atoms with E-state index < -0.39 is 0 Å². The first-order chi connectivity index (χ1) is 3.55. The highest BCUT2D eigenvalue weighted by Gasteiger charge is 1.97. The molecule has 48 valence electrons. The molecule has 0 fully saturated rings. The molecule has 0 aromatic heterocycles. The second-order valence-electron chi connectivity index (χ2n) is 2.37. The summed E-state index contributed by atoms with van der Waals surface area (Å²) in [6, 6.07) is 0. The summed E-state index contributed by atoms with van der Waals surface area (Å²) in [4.78, 5) is 0. The van der Waals surface area contributed by atoms with E-state index in [9.17, 15) is 0 Å². The maximum absolute atomic E-state index is 5.70. The highest BCUT2D eigenvalue weighted by Crippen LogP contribution is 2.15. The maximum Gasteiger partial charge on any atom is 0.0141 e. The van der Waals surface area contributed by atoms with Gasteiger partial charge in [-0.25, -0.2) is 0 Å². The molecule has 0 rings (SSSR count). The highest BCUT2D eigenvalue weighted by molar-refractivity contribution is 6.29. The summed E-state index contributed by atoms with van der Waals surface area (Å²) in [5.41, 5.74) is 1.28. The number of hydrogen-bond donors (Lipinski definition) is 0. The first-order valence-electron chi connectivity index (χ1n) is 2.88. The van der Waals surface area contributed by atoms with Crippen LogP contribution in [0.15, 0.2) is 10.6 Å². The summed E-state index contributed by atoms with van der Waals surface area (Å²) in [6.07, 6.45) is 0. The van der Waals surface area contributed by atoms with Crippen LogP contribution in [0.4, 0.5) is 0 Å². The minimum absolute atomic E-state index is 0.590. The third kappa shape index (κ3) is 2.37. The topological polar surface area (TPSA) is 0 Å². The monoisotopic (exact) mass is 132 g/mol. The fraction of sp³-hybridized carbons (Fsp3) is 0.714. The Morgan fingerprint density at radius 2 is 1.62 bits per heavy atom.